The number of carboxylic acid groups (broad SMARTS) is 1. The number of nitrogens with one attached hydrogen (secondary N) is 2. The zero-order chi connectivity index (χ0) is 21.9. The SMILES string of the molecule is C[C@@H](O)[C@H](N)C(=O)N[C@@H](CCCN=C(N)N)C(=O)N[C@@H](CCC(N)=O)C(=O)O. The predicted molar refractivity (Wildman–Crippen MR) is 99.5 cm³/mol. The minimum absolute atomic E-state index is 0.0725. The van der Waals surface area contributed by atoms with Gasteiger partial charge < -0.3 is 43.8 Å². The van der Waals surface area contributed by atoms with Gasteiger partial charge in [-0.25, -0.2) is 4.79 Å². The van der Waals surface area contributed by atoms with E-state index < -0.39 is 47.9 Å². The van der Waals surface area contributed by atoms with Crippen LogP contribution in [0.25, 0.3) is 0 Å². The van der Waals surface area contributed by atoms with Gasteiger partial charge in [-0.3, -0.25) is 19.4 Å². The number of aliphatic hydroxyl groups is 1. The molecule has 0 bridgehead atoms. The highest BCUT2D eigenvalue weighted by atomic mass is 16.4. The Morgan fingerprint density at radius 1 is 1.00 bits per heavy atom. The van der Waals surface area contributed by atoms with Gasteiger partial charge in [0.25, 0.3) is 0 Å². The van der Waals surface area contributed by atoms with Crippen LogP contribution in [0.5, 0.6) is 0 Å². The third-order valence-corrected chi connectivity index (χ3v) is 3.69. The zero-order valence-corrected chi connectivity index (χ0v) is 15.6. The van der Waals surface area contributed by atoms with Gasteiger partial charge in [0.2, 0.25) is 17.7 Å². The van der Waals surface area contributed by atoms with Gasteiger partial charge in [-0.05, 0) is 26.2 Å². The van der Waals surface area contributed by atoms with Crippen LogP contribution in [-0.2, 0) is 19.2 Å². The normalized spacial score (nSPS) is 14.8. The van der Waals surface area contributed by atoms with E-state index in [0.29, 0.717) is 6.42 Å². The van der Waals surface area contributed by atoms with Gasteiger partial charge in [0.05, 0.1) is 6.10 Å². The van der Waals surface area contributed by atoms with E-state index in [9.17, 15) is 29.4 Å². The lowest BCUT2D eigenvalue weighted by Crippen LogP contribution is -2.56. The minimum atomic E-state index is -1.37. The van der Waals surface area contributed by atoms with Crippen LogP contribution in [0.2, 0.25) is 0 Å². The minimum Gasteiger partial charge on any atom is -0.480 e. The molecule has 0 aromatic rings. The lowest BCUT2D eigenvalue weighted by atomic mass is 10.1. The van der Waals surface area contributed by atoms with Crippen molar-refractivity contribution in [1.82, 2.24) is 10.6 Å². The Morgan fingerprint density at radius 3 is 2.04 bits per heavy atom. The van der Waals surface area contributed by atoms with Gasteiger partial charge in [0, 0.05) is 13.0 Å². The van der Waals surface area contributed by atoms with Gasteiger partial charge >= 0.3 is 5.97 Å². The Kier molecular flexibility index (Phi) is 11.2. The summed E-state index contributed by atoms with van der Waals surface area (Å²) in [7, 11) is 0. The maximum absolute atomic E-state index is 12.5. The second kappa shape index (κ2) is 12.5. The van der Waals surface area contributed by atoms with Gasteiger partial charge in [-0.2, -0.15) is 0 Å². The second-order valence-corrected chi connectivity index (χ2v) is 6.18. The van der Waals surface area contributed by atoms with Crippen molar-refractivity contribution < 1.29 is 29.4 Å². The standard InChI is InChI=1S/C15H29N7O6/c1-7(23)11(17)13(26)21-8(3-2-6-20-15(18)19)12(25)22-9(14(27)28)4-5-10(16)24/h7-9,11,23H,2-6,17H2,1H3,(H2,16,24)(H,21,26)(H,22,25)(H,27,28)(H4,18,19,20)/t7-,8+,9+,11+/m1/s1. The molecular weight excluding hydrogens is 374 g/mol. The summed E-state index contributed by atoms with van der Waals surface area (Å²) in [5, 5.41) is 23.2. The summed E-state index contributed by atoms with van der Waals surface area (Å²) in [6.07, 6.45) is -1.25. The van der Waals surface area contributed by atoms with E-state index in [4.69, 9.17) is 22.9 Å². The summed E-state index contributed by atoms with van der Waals surface area (Å²) in [4.78, 5) is 50.4. The van der Waals surface area contributed by atoms with E-state index in [1.54, 1.807) is 0 Å². The number of guanidine groups is 1. The highest BCUT2D eigenvalue weighted by molar-refractivity contribution is 5.92. The maximum atomic E-state index is 12.5. The van der Waals surface area contributed by atoms with Crippen LogP contribution in [0.1, 0.15) is 32.6 Å². The number of aliphatic carboxylic acids is 1. The number of carbonyl (C=O) groups excluding carboxylic acids is 3. The quantitative estimate of drug-likeness (QED) is 0.0847. The average molecular weight is 403 g/mol. The Labute approximate surface area is 161 Å². The van der Waals surface area contributed by atoms with Crippen LogP contribution in [-0.4, -0.2) is 70.6 Å². The molecule has 0 heterocycles. The number of aliphatic imine (C=N–C) groups is 1. The number of rotatable bonds is 13. The lowest BCUT2D eigenvalue weighted by Gasteiger charge is -2.23. The molecule has 28 heavy (non-hydrogen) atoms. The Balaban J connectivity index is 5.13. The topological polar surface area (TPSA) is 249 Å². The van der Waals surface area contributed by atoms with E-state index in [2.05, 4.69) is 15.6 Å². The fraction of sp³-hybridized carbons (Fsp3) is 0.667. The Morgan fingerprint density at radius 2 is 1.57 bits per heavy atom. The molecule has 0 spiro atoms. The van der Waals surface area contributed by atoms with Crippen molar-refractivity contribution in [3.63, 3.8) is 0 Å². The molecule has 0 radical (unpaired) electrons. The summed E-state index contributed by atoms with van der Waals surface area (Å²) in [6.45, 7) is 1.48. The smallest absolute Gasteiger partial charge is 0.326 e. The maximum Gasteiger partial charge on any atom is 0.326 e. The van der Waals surface area contributed by atoms with Crippen molar-refractivity contribution in [2.75, 3.05) is 6.54 Å². The molecule has 13 nitrogen and oxygen atoms in total. The molecule has 160 valence electrons. The molecule has 13 heteroatoms. The number of primary amides is 1. The van der Waals surface area contributed by atoms with Gasteiger partial charge in [-0.1, -0.05) is 0 Å². The molecule has 0 aromatic carbocycles. The molecule has 0 rings (SSSR count). The number of hydrogen-bond acceptors (Lipinski definition) is 7. The van der Waals surface area contributed by atoms with Gasteiger partial charge in [0.15, 0.2) is 5.96 Å². The van der Waals surface area contributed by atoms with E-state index in [0.717, 1.165) is 0 Å². The molecule has 0 unspecified atom stereocenters. The van der Waals surface area contributed by atoms with Crippen molar-refractivity contribution >= 4 is 29.7 Å². The lowest BCUT2D eigenvalue weighted by molar-refractivity contribution is -0.142. The molecule has 0 fully saturated rings. The first-order valence-electron chi connectivity index (χ1n) is 8.56. The van der Waals surface area contributed by atoms with Crippen LogP contribution in [0.15, 0.2) is 4.99 Å². The predicted octanol–water partition coefficient (Wildman–Crippen LogP) is -3.93. The summed E-state index contributed by atoms with van der Waals surface area (Å²) in [5.41, 5.74) is 21.0. The highest BCUT2D eigenvalue weighted by Crippen LogP contribution is 2.04. The largest absolute Gasteiger partial charge is 0.480 e. The number of amides is 3. The van der Waals surface area contributed by atoms with Gasteiger partial charge in [-0.15, -0.1) is 0 Å². The number of aliphatic hydroxyl groups excluding tert-OH is 1. The summed E-state index contributed by atoms with van der Waals surface area (Å²) in [6, 6.07) is -3.80. The van der Waals surface area contributed by atoms with Crippen molar-refractivity contribution in [2.45, 2.75) is 56.8 Å². The first-order chi connectivity index (χ1) is 13.0. The van der Waals surface area contributed by atoms with Crippen LogP contribution in [0.4, 0.5) is 0 Å². The monoisotopic (exact) mass is 403 g/mol. The first-order valence-corrected chi connectivity index (χ1v) is 8.56. The third-order valence-electron chi connectivity index (χ3n) is 3.69. The molecule has 4 atom stereocenters. The molecule has 12 N–H and O–H groups in total. The summed E-state index contributed by atoms with van der Waals surface area (Å²) < 4.78 is 0. The number of nitrogens with two attached hydrogens (primary N) is 4. The van der Waals surface area contributed by atoms with E-state index >= 15 is 0 Å². The molecule has 0 saturated carbocycles. The van der Waals surface area contributed by atoms with Crippen LogP contribution in [0.3, 0.4) is 0 Å². The fourth-order valence-electron chi connectivity index (χ4n) is 2.08. The number of nitrogens with zero attached hydrogens (tertiary/aromatic N) is 1. The summed E-state index contributed by atoms with van der Waals surface area (Å²) >= 11 is 0. The molecule has 0 aromatic heterocycles. The Bertz CT molecular complexity index is 591. The Hall–Kier alpha value is -2.93. The molecular formula is C15H29N7O6. The van der Waals surface area contributed by atoms with Crippen molar-refractivity contribution in [3.05, 3.63) is 0 Å². The first kappa shape index (κ1) is 25.1. The van der Waals surface area contributed by atoms with E-state index in [1.165, 1.54) is 6.92 Å². The van der Waals surface area contributed by atoms with E-state index in [1.807, 2.05) is 0 Å². The number of carbonyl (C=O) groups is 4. The molecule has 0 aliphatic carbocycles. The molecule has 0 aliphatic heterocycles. The summed E-state index contributed by atoms with van der Waals surface area (Å²) in [5.74, 6) is -3.81. The molecule has 0 saturated heterocycles. The van der Waals surface area contributed by atoms with Crippen molar-refractivity contribution in [1.29, 1.82) is 0 Å². The molecule has 3 amide bonds. The van der Waals surface area contributed by atoms with Crippen LogP contribution < -0.4 is 33.6 Å². The van der Waals surface area contributed by atoms with Crippen molar-refractivity contribution in [3.8, 4) is 0 Å². The second-order valence-electron chi connectivity index (χ2n) is 6.18. The third kappa shape index (κ3) is 10.3. The highest BCUT2D eigenvalue weighted by Gasteiger charge is 2.29. The number of carboxylic acids is 1. The van der Waals surface area contributed by atoms with Gasteiger partial charge in [0.1, 0.15) is 18.1 Å². The van der Waals surface area contributed by atoms with Crippen molar-refractivity contribution in [2.24, 2.45) is 27.9 Å². The zero-order valence-electron chi connectivity index (χ0n) is 15.6. The average Bonchev–Trinajstić information content (AvgIpc) is 2.59. The molecule has 0 aliphatic rings. The van der Waals surface area contributed by atoms with E-state index in [-0.39, 0.29) is 31.8 Å². The van der Waals surface area contributed by atoms with Crippen LogP contribution in [0, 0.1) is 0 Å². The van der Waals surface area contributed by atoms with Crippen LogP contribution >= 0.6 is 0 Å². The fourth-order valence-corrected chi connectivity index (χ4v) is 2.08. The number of hydrogen-bond donors (Lipinski definition) is 8.